The van der Waals surface area contributed by atoms with Crippen LogP contribution in [0.5, 0.6) is 0 Å². The molecule has 51 heavy (non-hydrogen) atoms. The van der Waals surface area contributed by atoms with Crippen molar-refractivity contribution in [3.05, 3.63) is 53.1 Å². The number of hydrogen-bond acceptors (Lipinski definition) is 3. The van der Waals surface area contributed by atoms with Gasteiger partial charge in [0.2, 0.25) is 0 Å². The van der Waals surface area contributed by atoms with Crippen LogP contribution in [0.1, 0.15) is 115 Å². The van der Waals surface area contributed by atoms with Crippen LogP contribution in [0.3, 0.4) is 0 Å². The van der Waals surface area contributed by atoms with Gasteiger partial charge in [0.1, 0.15) is 0 Å². The zero-order valence-corrected chi connectivity index (χ0v) is 45.8. The van der Waals surface area contributed by atoms with E-state index in [1.54, 1.807) is 40.0 Å². The molecule has 0 N–H and O–H groups in total. The Morgan fingerprint density at radius 3 is 0.824 bits per heavy atom. The molecule has 0 saturated carbocycles. The van der Waals surface area contributed by atoms with Crippen molar-refractivity contribution in [3.63, 3.8) is 0 Å². The van der Waals surface area contributed by atoms with Crippen molar-refractivity contribution >= 4 is 97.8 Å². The number of thiophene rings is 3. The summed E-state index contributed by atoms with van der Waals surface area (Å²) in [6, 6.07) is 16.0. The van der Waals surface area contributed by atoms with Gasteiger partial charge in [0.15, 0.2) is 0 Å². The van der Waals surface area contributed by atoms with Crippen molar-refractivity contribution in [2.75, 3.05) is 0 Å². The van der Waals surface area contributed by atoms with Crippen LogP contribution in [0, 0.1) is 0 Å². The fourth-order valence-electron chi connectivity index (χ4n) is 6.93. The monoisotopic (exact) mass is 1070 g/mol. The molecule has 0 spiro atoms. The molecular weight excluding hydrogens is 993 g/mol. The van der Waals surface area contributed by atoms with Gasteiger partial charge in [-0.3, -0.25) is 0 Å². The third-order valence-electron chi connectivity index (χ3n) is 10.3. The van der Waals surface area contributed by atoms with E-state index in [0.717, 1.165) is 0 Å². The van der Waals surface area contributed by atoms with E-state index >= 15 is 0 Å². The molecule has 0 atom stereocenters. The molecule has 1 aromatic carbocycles. The molecule has 282 valence electrons. The van der Waals surface area contributed by atoms with E-state index in [1.165, 1.54) is 113 Å². The van der Waals surface area contributed by atoms with Crippen LogP contribution in [-0.2, 0) is 19.3 Å². The van der Waals surface area contributed by atoms with Gasteiger partial charge in [-0.05, 0) is 0 Å². The van der Waals surface area contributed by atoms with Gasteiger partial charge in [0.05, 0.1) is 0 Å². The predicted octanol–water partition coefficient (Wildman–Crippen LogP) is 14.9. The Hall–Kier alpha value is 0.716. The van der Waals surface area contributed by atoms with Gasteiger partial charge in [-0.15, -0.1) is 0 Å². The molecule has 6 heteroatoms. The Bertz CT molecular complexity index is 1460. The average Bonchev–Trinajstić information content (AvgIpc) is 3.80. The van der Waals surface area contributed by atoms with E-state index in [-0.39, 0.29) is 0 Å². The van der Waals surface area contributed by atoms with E-state index in [4.69, 9.17) is 0 Å². The van der Waals surface area contributed by atoms with Crippen LogP contribution in [0.4, 0.5) is 0 Å². The van der Waals surface area contributed by atoms with Crippen LogP contribution in [0.2, 0.25) is 44.5 Å². The summed E-state index contributed by atoms with van der Waals surface area (Å²) < 4.78 is 5.22. The van der Waals surface area contributed by atoms with Crippen molar-refractivity contribution < 1.29 is 0 Å². The SMILES string of the molecule is CCCCCCc1c[c]([Sn]([CH3])([CH3])[CH3])sc1-c1cc(-c2s[c]([Sn]([CH3])([CH3])[CH3])cc2CCCCCC)cc(-c2s[c]([Sn]([CH3])([CH3])[CH3])cc2CCCCCC)c1. The molecule has 4 aromatic rings. The molecule has 0 amide bonds. The zero-order valence-electron chi connectivity index (χ0n) is 34.8. The van der Waals surface area contributed by atoms with Gasteiger partial charge < -0.3 is 0 Å². The van der Waals surface area contributed by atoms with E-state index in [9.17, 15) is 0 Å². The number of rotatable bonds is 21. The fourth-order valence-corrected chi connectivity index (χ4v) is 26.4. The topological polar surface area (TPSA) is 0 Å². The standard InChI is InChI=1S/C36H45S3.9CH3.3Sn/c1-4-7-10-13-16-28-19-22-37-34(28)31-25-32(35-29(20-23-38-35)17-14-11-8-5-2)27-33(26-31)36-30(21-24-39-36)18-15-12-9-6-3;;;;;;;;;;;;/h19-21,25-27H,4-18H2,1-3H3;9*1H3;;;. The minimum atomic E-state index is -2.27. The summed E-state index contributed by atoms with van der Waals surface area (Å²) in [4.78, 5) is 28.3. The van der Waals surface area contributed by atoms with Crippen molar-refractivity contribution in [3.8, 4) is 31.3 Å². The summed E-state index contributed by atoms with van der Waals surface area (Å²) in [7, 11) is 0. The normalized spacial score (nSPS) is 12.7. The van der Waals surface area contributed by atoms with Gasteiger partial charge in [-0.1, -0.05) is 0 Å². The second-order valence-corrected chi connectivity index (χ2v) is 67.8. The number of unbranched alkanes of at least 4 members (excludes halogenated alkanes) is 9. The predicted molar refractivity (Wildman–Crippen MR) is 249 cm³/mol. The van der Waals surface area contributed by atoms with Crippen LogP contribution in [0.25, 0.3) is 31.3 Å². The zero-order chi connectivity index (χ0) is 37.4. The molecule has 0 aliphatic heterocycles. The van der Waals surface area contributed by atoms with Gasteiger partial charge in [0, 0.05) is 0 Å². The summed E-state index contributed by atoms with van der Waals surface area (Å²) >= 11 is -0.269. The Labute approximate surface area is 339 Å². The van der Waals surface area contributed by atoms with Crippen molar-refractivity contribution in [2.24, 2.45) is 0 Å². The van der Waals surface area contributed by atoms with Crippen molar-refractivity contribution in [1.82, 2.24) is 0 Å². The summed E-state index contributed by atoms with van der Waals surface area (Å²) in [6.07, 6.45) is 19.6. The Morgan fingerprint density at radius 1 is 0.353 bits per heavy atom. The summed E-state index contributed by atoms with van der Waals surface area (Å²) in [5, 5.41) is 0. The van der Waals surface area contributed by atoms with E-state index in [1.807, 2.05) is 0 Å². The molecule has 3 aromatic heterocycles. The maximum atomic E-state index is 2.68. The van der Waals surface area contributed by atoms with Gasteiger partial charge in [-0.25, -0.2) is 0 Å². The average molecular weight is 1070 g/mol. The maximum absolute atomic E-state index is 2.68. The Balaban J connectivity index is 1.97. The number of hydrogen-bond donors (Lipinski definition) is 0. The fraction of sp³-hybridized carbons (Fsp3) is 0.600. The molecule has 4 rings (SSSR count). The summed E-state index contributed by atoms with van der Waals surface area (Å²) in [5.41, 5.74) is 9.40. The molecule has 0 fully saturated rings. The van der Waals surface area contributed by atoms with Gasteiger partial charge >= 0.3 is 344 Å². The molecule has 0 bridgehead atoms. The Kier molecular flexibility index (Phi) is 17.6. The Morgan fingerprint density at radius 2 is 0.608 bits per heavy atom. The molecular formula is C45H72S3Sn3. The third-order valence-corrected chi connectivity index (χ3v) is 42.2. The van der Waals surface area contributed by atoms with E-state index in [2.05, 4.69) is 136 Å². The molecule has 0 radical (unpaired) electrons. The van der Waals surface area contributed by atoms with Gasteiger partial charge in [-0.2, -0.15) is 0 Å². The first-order valence-corrected chi connectivity index (χ1v) is 53.0. The van der Waals surface area contributed by atoms with Crippen LogP contribution in [-0.4, -0.2) is 55.1 Å². The quantitative estimate of drug-likeness (QED) is 0.0576. The second kappa shape index (κ2) is 20.2. The first-order valence-electron chi connectivity index (χ1n) is 20.6. The first kappa shape index (κ1) is 44.4. The molecule has 0 aliphatic rings. The second-order valence-electron chi connectivity index (χ2n) is 18.4. The van der Waals surface area contributed by atoms with Crippen molar-refractivity contribution in [2.45, 2.75) is 162 Å². The van der Waals surface area contributed by atoms with Crippen LogP contribution < -0.4 is 8.68 Å². The minimum absolute atomic E-state index is 1.22. The van der Waals surface area contributed by atoms with Crippen LogP contribution in [0.15, 0.2) is 36.4 Å². The summed E-state index contributed by atoms with van der Waals surface area (Å²) in [6.45, 7) is 7.01. The first-order chi connectivity index (χ1) is 24.1. The van der Waals surface area contributed by atoms with Crippen molar-refractivity contribution in [1.29, 1.82) is 0 Å². The van der Waals surface area contributed by atoms with E-state index in [0.29, 0.717) is 0 Å². The molecule has 3 heterocycles. The molecule has 0 saturated heterocycles. The third kappa shape index (κ3) is 12.9. The summed E-state index contributed by atoms with van der Waals surface area (Å²) in [5.74, 6) is 0. The number of benzene rings is 1. The molecule has 0 nitrogen and oxygen atoms in total. The van der Waals surface area contributed by atoms with Crippen LogP contribution >= 0.6 is 34.0 Å². The molecule has 0 aliphatic carbocycles. The number of aryl methyl sites for hydroxylation is 3. The van der Waals surface area contributed by atoms with E-state index < -0.39 is 55.1 Å². The van der Waals surface area contributed by atoms with Gasteiger partial charge in [0.25, 0.3) is 0 Å². The molecule has 0 unspecified atom stereocenters.